The number of rotatable bonds is 3. The summed E-state index contributed by atoms with van der Waals surface area (Å²) in [6.45, 7) is 4.50. The smallest absolute Gasteiger partial charge is 0.0601 e. The Kier molecular flexibility index (Phi) is 3.29. The molecule has 1 atom stereocenters. The molecule has 0 bridgehead atoms. The lowest BCUT2D eigenvalue weighted by Gasteiger charge is -2.03. The second-order valence-corrected chi connectivity index (χ2v) is 4.96. The first-order chi connectivity index (χ1) is 4.83. The van der Waals surface area contributed by atoms with E-state index in [1.54, 1.807) is 0 Å². The molecular weight excluding hydrogens is 160 g/mol. The van der Waals surface area contributed by atoms with Crippen LogP contribution in [0.15, 0.2) is 21.7 Å². The predicted molar refractivity (Wildman–Crippen MR) is 49.9 cm³/mol. The number of thiophene rings is 1. The van der Waals surface area contributed by atoms with Gasteiger partial charge >= 0.3 is 0 Å². The molecule has 0 aliphatic heterocycles. The van der Waals surface area contributed by atoms with Crippen LogP contribution in [0.5, 0.6) is 0 Å². The van der Waals surface area contributed by atoms with Crippen molar-refractivity contribution in [2.24, 2.45) is 0 Å². The molecule has 1 aromatic rings. The second-order valence-electron chi connectivity index (χ2n) is 2.27. The van der Waals surface area contributed by atoms with Gasteiger partial charge in [-0.25, -0.2) is 0 Å². The summed E-state index contributed by atoms with van der Waals surface area (Å²) in [4.78, 5) is 0. The minimum absolute atomic E-state index is 0.763. The van der Waals surface area contributed by atoms with E-state index in [1.165, 1.54) is 10.6 Å². The number of hydrogen-bond acceptors (Lipinski definition) is 2. The van der Waals surface area contributed by atoms with Gasteiger partial charge in [-0.1, -0.05) is 19.9 Å². The Hall–Kier alpha value is 0.0500. The zero-order valence-corrected chi connectivity index (χ0v) is 7.97. The van der Waals surface area contributed by atoms with Crippen molar-refractivity contribution in [3.8, 4) is 0 Å². The molecule has 0 N–H and O–H groups in total. The SMILES string of the molecule is CC[C@H](C)Sc1cccs1. The lowest BCUT2D eigenvalue weighted by atomic mass is 10.4. The average Bonchev–Trinajstić information content (AvgIpc) is 2.40. The third-order valence-electron chi connectivity index (χ3n) is 1.39. The Morgan fingerprint density at radius 3 is 3.00 bits per heavy atom. The molecular formula is C8H12S2. The molecule has 0 nitrogen and oxygen atoms in total. The zero-order chi connectivity index (χ0) is 7.40. The molecule has 2 heteroatoms. The van der Waals surface area contributed by atoms with E-state index in [9.17, 15) is 0 Å². The van der Waals surface area contributed by atoms with Crippen LogP contribution >= 0.6 is 23.1 Å². The highest BCUT2D eigenvalue weighted by Crippen LogP contribution is 2.28. The summed E-state index contributed by atoms with van der Waals surface area (Å²) in [5.41, 5.74) is 0. The molecule has 0 unspecified atom stereocenters. The van der Waals surface area contributed by atoms with Gasteiger partial charge in [0.1, 0.15) is 0 Å². The summed E-state index contributed by atoms with van der Waals surface area (Å²) in [5, 5.41) is 2.89. The molecule has 0 aromatic carbocycles. The third kappa shape index (κ3) is 2.35. The highest BCUT2D eigenvalue weighted by Gasteiger charge is 2.00. The first kappa shape index (κ1) is 8.15. The van der Waals surface area contributed by atoms with Crippen molar-refractivity contribution in [2.75, 3.05) is 0 Å². The van der Waals surface area contributed by atoms with Crippen LogP contribution in [0.25, 0.3) is 0 Å². The Balaban J connectivity index is 2.40. The van der Waals surface area contributed by atoms with Crippen LogP contribution in [0.3, 0.4) is 0 Å². The Labute approximate surface area is 70.7 Å². The standard InChI is InChI=1S/C8H12S2/c1-3-7(2)10-8-5-4-6-9-8/h4-7H,3H2,1-2H3/t7-/m0/s1. The van der Waals surface area contributed by atoms with Gasteiger partial charge < -0.3 is 0 Å². The van der Waals surface area contributed by atoms with Crippen LogP contribution in [-0.2, 0) is 0 Å². The van der Waals surface area contributed by atoms with Gasteiger partial charge in [0.25, 0.3) is 0 Å². The summed E-state index contributed by atoms with van der Waals surface area (Å²) in [5.74, 6) is 0. The van der Waals surface area contributed by atoms with E-state index in [4.69, 9.17) is 0 Å². The Morgan fingerprint density at radius 2 is 2.50 bits per heavy atom. The van der Waals surface area contributed by atoms with Gasteiger partial charge in [0.05, 0.1) is 4.21 Å². The highest BCUT2D eigenvalue weighted by atomic mass is 32.2. The van der Waals surface area contributed by atoms with Crippen molar-refractivity contribution in [3.63, 3.8) is 0 Å². The molecule has 1 rings (SSSR count). The van der Waals surface area contributed by atoms with Crippen LogP contribution in [0.1, 0.15) is 20.3 Å². The monoisotopic (exact) mass is 172 g/mol. The molecule has 0 spiro atoms. The van der Waals surface area contributed by atoms with E-state index in [0.29, 0.717) is 0 Å². The average molecular weight is 172 g/mol. The van der Waals surface area contributed by atoms with Gasteiger partial charge in [0.15, 0.2) is 0 Å². The molecule has 56 valence electrons. The lowest BCUT2D eigenvalue weighted by Crippen LogP contribution is -1.89. The third-order valence-corrected chi connectivity index (χ3v) is 3.73. The topological polar surface area (TPSA) is 0 Å². The van der Waals surface area contributed by atoms with Crippen LogP contribution in [0.2, 0.25) is 0 Å². The maximum atomic E-state index is 2.27. The molecule has 0 fully saturated rings. The minimum Gasteiger partial charge on any atom is -0.137 e. The van der Waals surface area contributed by atoms with Gasteiger partial charge in [-0.2, -0.15) is 0 Å². The fraction of sp³-hybridized carbons (Fsp3) is 0.500. The molecule has 1 aromatic heterocycles. The number of hydrogen-bond donors (Lipinski definition) is 0. The molecule has 0 aliphatic carbocycles. The first-order valence-corrected chi connectivity index (χ1v) is 5.29. The molecule has 0 amide bonds. The quantitative estimate of drug-likeness (QED) is 0.627. The fourth-order valence-electron chi connectivity index (χ4n) is 0.612. The van der Waals surface area contributed by atoms with Crippen LogP contribution < -0.4 is 0 Å². The predicted octanol–water partition coefficient (Wildman–Crippen LogP) is 3.64. The van der Waals surface area contributed by atoms with Crippen LogP contribution in [-0.4, -0.2) is 5.25 Å². The molecule has 0 saturated carbocycles. The Morgan fingerprint density at radius 1 is 1.70 bits per heavy atom. The van der Waals surface area contributed by atoms with E-state index >= 15 is 0 Å². The normalized spacial score (nSPS) is 13.4. The van der Waals surface area contributed by atoms with Gasteiger partial charge in [-0.3, -0.25) is 0 Å². The van der Waals surface area contributed by atoms with Crippen molar-refractivity contribution >= 4 is 23.1 Å². The maximum Gasteiger partial charge on any atom is 0.0601 e. The summed E-state index contributed by atoms with van der Waals surface area (Å²) < 4.78 is 1.44. The van der Waals surface area contributed by atoms with E-state index < -0.39 is 0 Å². The minimum atomic E-state index is 0.763. The van der Waals surface area contributed by atoms with Crippen molar-refractivity contribution in [2.45, 2.75) is 29.7 Å². The Bertz CT molecular complexity index is 167. The van der Waals surface area contributed by atoms with Gasteiger partial charge in [-0.05, 0) is 17.9 Å². The lowest BCUT2D eigenvalue weighted by molar-refractivity contribution is 0.907. The first-order valence-electron chi connectivity index (χ1n) is 3.53. The summed E-state index contributed by atoms with van der Waals surface area (Å²) in [6.07, 6.45) is 1.25. The highest BCUT2D eigenvalue weighted by molar-refractivity contribution is 8.01. The van der Waals surface area contributed by atoms with Gasteiger partial charge in [0, 0.05) is 5.25 Å². The number of thioether (sulfide) groups is 1. The van der Waals surface area contributed by atoms with E-state index in [2.05, 4.69) is 31.4 Å². The van der Waals surface area contributed by atoms with Crippen LogP contribution in [0, 0.1) is 0 Å². The molecule has 0 radical (unpaired) electrons. The van der Waals surface area contributed by atoms with Crippen molar-refractivity contribution in [1.82, 2.24) is 0 Å². The van der Waals surface area contributed by atoms with Crippen molar-refractivity contribution in [3.05, 3.63) is 17.5 Å². The van der Waals surface area contributed by atoms with Crippen molar-refractivity contribution < 1.29 is 0 Å². The van der Waals surface area contributed by atoms with Gasteiger partial charge in [-0.15, -0.1) is 23.1 Å². The van der Waals surface area contributed by atoms with Gasteiger partial charge in [0.2, 0.25) is 0 Å². The largest absolute Gasteiger partial charge is 0.137 e. The van der Waals surface area contributed by atoms with E-state index in [0.717, 1.165) is 5.25 Å². The van der Waals surface area contributed by atoms with Crippen molar-refractivity contribution in [1.29, 1.82) is 0 Å². The summed E-state index contributed by atoms with van der Waals surface area (Å²) in [7, 11) is 0. The maximum absolute atomic E-state index is 2.27. The summed E-state index contributed by atoms with van der Waals surface area (Å²) >= 11 is 3.80. The van der Waals surface area contributed by atoms with E-state index in [-0.39, 0.29) is 0 Å². The molecule has 0 saturated heterocycles. The van der Waals surface area contributed by atoms with Crippen LogP contribution in [0.4, 0.5) is 0 Å². The summed E-state index contributed by atoms with van der Waals surface area (Å²) in [6, 6.07) is 4.29. The second kappa shape index (κ2) is 4.04. The molecule has 1 heterocycles. The molecule has 10 heavy (non-hydrogen) atoms. The fourth-order valence-corrected chi connectivity index (χ4v) is 2.66. The molecule has 0 aliphatic rings. The zero-order valence-electron chi connectivity index (χ0n) is 6.33. The van der Waals surface area contributed by atoms with E-state index in [1.807, 2.05) is 23.1 Å².